The van der Waals surface area contributed by atoms with Gasteiger partial charge in [0.25, 0.3) is 0 Å². The van der Waals surface area contributed by atoms with Crippen molar-refractivity contribution in [3.8, 4) is 11.5 Å². The minimum atomic E-state index is -3.11. The number of sulfonamides is 1. The molecule has 1 aromatic carbocycles. The van der Waals surface area contributed by atoms with E-state index in [1.807, 2.05) is 18.2 Å². The molecule has 1 aliphatic heterocycles. The van der Waals surface area contributed by atoms with Crippen molar-refractivity contribution >= 4 is 10.0 Å². The first-order valence-corrected chi connectivity index (χ1v) is 9.48. The standard InChI is InChI=1S/C16H25NO4S/c1-20-15-10-8-13(12-16(15)21-2)7-9-14-6-4-5-11-17(14)22(3,18)19/h8,10,12,14H,4-7,9,11H2,1-3H3/t14-/m0/s1. The van der Waals surface area contributed by atoms with Crippen LogP contribution < -0.4 is 9.47 Å². The van der Waals surface area contributed by atoms with Crippen molar-refractivity contribution in [2.24, 2.45) is 0 Å². The highest BCUT2D eigenvalue weighted by Gasteiger charge is 2.28. The number of benzene rings is 1. The van der Waals surface area contributed by atoms with E-state index < -0.39 is 10.0 Å². The van der Waals surface area contributed by atoms with Crippen LogP contribution >= 0.6 is 0 Å². The average Bonchev–Trinajstić information content (AvgIpc) is 2.52. The number of rotatable bonds is 6. The molecule has 1 fully saturated rings. The molecule has 0 N–H and O–H groups in total. The predicted molar refractivity (Wildman–Crippen MR) is 87.1 cm³/mol. The summed E-state index contributed by atoms with van der Waals surface area (Å²) in [6, 6.07) is 5.97. The van der Waals surface area contributed by atoms with Gasteiger partial charge in [0.05, 0.1) is 20.5 Å². The lowest BCUT2D eigenvalue weighted by molar-refractivity contribution is 0.242. The summed E-state index contributed by atoms with van der Waals surface area (Å²) >= 11 is 0. The van der Waals surface area contributed by atoms with Crippen LogP contribution in [0.3, 0.4) is 0 Å². The Hall–Kier alpha value is -1.27. The van der Waals surface area contributed by atoms with E-state index in [2.05, 4.69) is 0 Å². The van der Waals surface area contributed by atoms with Crippen LogP contribution in [0.15, 0.2) is 18.2 Å². The van der Waals surface area contributed by atoms with Gasteiger partial charge < -0.3 is 9.47 Å². The summed E-state index contributed by atoms with van der Waals surface area (Å²) in [6.45, 7) is 0.648. The second-order valence-electron chi connectivity index (χ2n) is 5.75. The smallest absolute Gasteiger partial charge is 0.211 e. The zero-order valence-electron chi connectivity index (χ0n) is 13.5. The highest BCUT2D eigenvalue weighted by molar-refractivity contribution is 7.88. The Labute approximate surface area is 133 Å². The van der Waals surface area contributed by atoms with Gasteiger partial charge in [-0.3, -0.25) is 0 Å². The van der Waals surface area contributed by atoms with Crippen LogP contribution in [0, 0.1) is 0 Å². The molecule has 1 saturated heterocycles. The molecule has 5 nitrogen and oxygen atoms in total. The highest BCUT2D eigenvalue weighted by atomic mass is 32.2. The third-order valence-corrected chi connectivity index (χ3v) is 5.55. The van der Waals surface area contributed by atoms with Crippen molar-refractivity contribution in [3.05, 3.63) is 23.8 Å². The Kier molecular flexibility index (Phi) is 5.69. The first-order chi connectivity index (χ1) is 10.5. The Morgan fingerprint density at radius 3 is 2.55 bits per heavy atom. The molecular weight excluding hydrogens is 302 g/mol. The van der Waals surface area contributed by atoms with E-state index in [0.29, 0.717) is 18.0 Å². The maximum absolute atomic E-state index is 11.9. The summed E-state index contributed by atoms with van der Waals surface area (Å²) in [6.07, 6.45) is 5.98. The molecule has 2 rings (SSSR count). The van der Waals surface area contributed by atoms with Gasteiger partial charge in [-0.05, 0) is 43.4 Å². The van der Waals surface area contributed by atoms with Gasteiger partial charge in [0.1, 0.15) is 0 Å². The van der Waals surface area contributed by atoms with Gasteiger partial charge in [-0.15, -0.1) is 0 Å². The molecule has 0 radical (unpaired) electrons. The van der Waals surface area contributed by atoms with Gasteiger partial charge in [0.15, 0.2) is 11.5 Å². The minimum Gasteiger partial charge on any atom is -0.493 e. The van der Waals surface area contributed by atoms with Crippen molar-refractivity contribution < 1.29 is 17.9 Å². The van der Waals surface area contributed by atoms with Crippen molar-refractivity contribution in [1.82, 2.24) is 4.31 Å². The Bertz CT molecular complexity index is 600. The number of hydrogen-bond donors (Lipinski definition) is 0. The summed E-state index contributed by atoms with van der Waals surface area (Å²) in [4.78, 5) is 0. The molecule has 1 aromatic rings. The quantitative estimate of drug-likeness (QED) is 0.805. The molecule has 1 heterocycles. The Balaban J connectivity index is 2.05. The summed E-state index contributed by atoms with van der Waals surface area (Å²) < 4.78 is 36.0. The van der Waals surface area contributed by atoms with Crippen LogP contribution in [-0.2, 0) is 16.4 Å². The van der Waals surface area contributed by atoms with E-state index in [1.54, 1.807) is 18.5 Å². The van der Waals surface area contributed by atoms with E-state index in [1.165, 1.54) is 6.26 Å². The number of nitrogens with zero attached hydrogens (tertiary/aromatic N) is 1. The van der Waals surface area contributed by atoms with E-state index in [9.17, 15) is 8.42 Å². The number of aryl methyl sites for hydroxylation is 1. The zero-order chi connectivity index (χ0) is 16.2. The number of hydrogen-bond acceptors (Lipinski definition) is 4. The SMILES string of the molecule is COc1ccc(CC[C@@H]2CCCCN2S(C)(=O)=O)cc1OC. The summed E-state index contributed by atoms with van der Waals surface area (Å²) in [5, 5.41) is 0. The molecule has 0 aromatic heterocycles. The molecule has 0 amide bonds. The maximum Gasteiger partial charge on any atom is 0.211 e. The normalized spacial score (nSPS) is 19.9. The van der Waals surface area contributed by atoms with Crippen LogP contribution in [0.5, 0.6) is 11.5 Å². The monoisotopic (exact) mass is 327 g/mol. The molecule has 1 atom stereocenters. The molecule has 22 heavy (non-hydrogen) atoms. The Morgan fingerprint density at radius 1 is 1.18 bits per heavy atom. The molecule has 0 spiro atoms. The van der Waals surface area contributed by atoms with Crippen LogP contribution in [0.4, 0.5) is 0 Å². The van der Waals surface area contributed by atoms with Gasteiger partial charge in [-0.1, -0.05) is 12.5 Å². The van der Waals surface area contributed by atoms with Gasteiger partial charge >= 0.3 is 0 Å². The number of methoxy groups -OCH3 is 2. The maximum atomic E-state index is 11.9. The lowest BCUT2D eigenvalue weighted by Gasteiger charge is -2.33. The topological polar surface area (TPSA) is 55.8 Å². The highest BCUT2D eigenvalue weighted by Crippen LogP contribution is 2.29. The molecule has 0 saturated carbocycles. The minimum absolute atomic E-state index is 0.108. The lowest BCUT2D eigenvalue weighted by atomic mass is 9.98. The second kappa shape index (κ2) is 7.33. The third kappa shape index (κ3) is 4.14. The van der Waals surface area contributed by atoms with Crippen molar-refractivity contribution in [2.45, 2.75) is 38.1 Å². The first-order valence-electron chi connectivity index (χ1n) is 7.63. The predicted octanol–water partition coefficient (Wildman–Crippen LogP) is 2.45. The summed E-state index contributed by atoms with van der Waals surface area (Å²) in [7, 11) is 0.120. The zero-order valence-corrected chi connectivity index (χ0v) is 14.4. The largest absolute Gasteiger partial charge is 0.493 e. The van der Waals surface area contributed by atoms with Crippen LogP contribution in [0.1, 0.15) is 31.2 Å². The third-order valence-electron chi connectivity index (χ3n) is 4.21. The molecule has 0 aliphatic carbocycles. The van der Waals surface area contributed by atoms with E-state index in [4.69, 9.17) is 9.47 Å². The van der Waals surface area contributed by atoms with E-state index in [-0.39, 0.29) is 6.04 Å². The van der Waals surface area contributed by atoms with E-state index in [0.717, 1.165) is 37.7 Å². The van der Waals surface area contributed by atoms with Gasteiger partial charge in [-0.2, -0.15) is 4.31 Å². The van der Waals surface area contributed by atoms with Gasteiger partial charge in [-0.25, -0.2) is 8.42 Å². The number of ether oxygens (including phenoxy) is 2. The van der Waals surface area contributed by atoms with E-state index >= 15 is 0 Å². The second-order valence-corrected chi connectivity index (χ2v) is 7.69. The molecule has 0 unspecified atom stereocenters. The fourth-order valence-electron chi connectivity index (χ4n) is 3.07. The number of piperidine rings is 1. The molecular formula is C16H25NO4S. The van der Waals surface area contributed by atoms with Gasteiger partial charge in [0.2, 0.25) is 10.0 Å². The summed E-state index contributed by atoms with van der Waals surface area (Å²) in [5.74, 6) is 1.42. The van der Waals surface area contributed by atoms with Crippen LogP contribution in [0.2, 0.25) is 0 Å². The van der Waals surface area contributed by atoms with Gasteiger partial charge in [0, 0.05) is 12.6 Å². The van der Waals surface area contributed by atoms with Crippen LogP contribution in [-0.4, -0.2) is 45.8 Å². The molecule has 0 bridgehead atoms. The lowest BCUT2D eigenvalue weighted by Crippen LogP contribution is -2.43. The van der Waals surface area contributed by atoms with Crippen molar-refractivity contribution in [3.63, 3.8) is 0 Å². The summed E-state index contributed by atoms with van der Waals surface area (Å²) in [5.41, 5.74) is 1.14. The molecule has 1 aliphatic rings. The molecule has 6 heteroatoms. The first kappa shape index (κ1) is 17.1. The average molecular weight is 327 g/mol. The van der Waals surface area contributed by atoms with Crippen molar-refractivity contribution in [1.29, 1.82) is 0 Å². The fourth-order valence-corrected chi connectivity index (χ4v) is 4.28. The fraction of sp³-hybridized carbons (Fsp3) is 0.625. The van der Waals surface area contributed by atoms with Crippen molar-refractivity contribution in [2.75, 3.05) is 27.0 Å². The molecule has 124 valence electrons. The Morgan fingerprint density at radius 2 is 1.91 bits per heavy atom. The van der Waals surface area contributed by atoms with Crippen LogP contribution in [0.25, 0.3) is 0 Å².